The monoisotopic (exact) mass is 318 g/mol. The van der Waals surface area contributed by atoms with E-state index in [9.17, 15) is 4.79 Å². The molecular formula is C11H8Cl2N2O3S. The molecule has 2 rings (SSSR count). The molecule has 1 aromatic carbocycles. The van der Waals surface area contributed by atoms with E-state index in [-0.39, 0.29) is 11.1 Å². The number of carboxylic acids is 1. The van der Waals surface area contributed by atoms with E-state index >= 15 is 0 Å². The van der Waals surface area contributed by atoms with Gasteiger partial charge in [-0.3, -0.25) is 4.79 Å². The molecule has 5 nitrogen and oxygen atoms in total. The van der Waals surface area contributed by atoms with Gasteiger partial charge >= 0.3 is 5.97 Å². The molecule has 0 aliphatic carbocycles. The van der Waals surface area contributed by atoms with E-state index in [2.05, 4.69) is 10.2 Å². The van der Waals surface area contributed by atoms with Crippen molar-refractivity contribution < 1.29 is 14.3 Å². The summed E-state index contributed by atoms with van der Waals surface area (Å²) in [5.74, 6) is -0.726. The highest BCUT2D eigenvalue weighted by molar-refractivity contribution is 8.00. The molecule has 1 heterocycles. The Bertz CT molecular complexity index is 618. The minimum atomic E-state index is -0.950. The third-order valence-corrected chi connectivity index (χ3v) is 3.66. The van der Waals surface area contributed by atoms with Crippen LogP contribution in [0.15, 0.2) is 27.8 Å². The van der Waals surface area contributed by atoms with Gasteiger partial charge in [0, 0.05) is 5.02 Å². The Morgan fingerprint density at radius 1 is 1.42 bits per heavy atom. The molecule has 1 N–H and O–H groups in total. The zero-order valence-electron chi connectivity index (χ0n) is 9.63. The highest BCUT2D eigenvalue weighted by atomic mass is 35.5. The van der Waals surface area contributed by atoms with Gasteiger partial charge in [0.1, 0.15) is 5.25 Å². The Balaban J connectivity index is 2.23. The number of aromatic nitrogens is 2. The molecule has 0 aliphatic rings. The molecule has 0 radical (unpaired) electrons. The molecule has 0 saturated heterocycles. The Hall–Kier alpha value is -1.24. The maximum Gasteiger partial charge on any atom is 0.316 e. The third kappa shape index (κ3) is 3.40. The summed E-state index contributed by atoms with van der Waals surface area (Å²) < 4.78 is 5.36. The van der Waals surface area contributed by atoms with Gasteiger partial charge in [-0.1, -0.05) is 35.0 Å². The van der Waals surface area contributed by atoms with Crippen molar-refractivity contribution in [1.82, 2.24) is 10.2 Å². The van der Waals surface area contributed by atoms with E-state index in [1.54, 1.807) is 18.2 Å². The molecule has 0 saturated carbocycles. The molecule has 0 fully saturated rings. The average molecular weight is 319 g/mol. The number of nitrogens with zero attached hydrogens (tertiary/aromatic N) is 2. The first-order chi connectivity index (χ1) is 8.97. The summed E-state index contributed by atoms with van der Waals surface area (Å²) in [6.45, 7) is 1.53. The van der Waals surface area contributed by atoms with E-state index < -0.39 is 11.2 Å². The van der Waals surface area contributed by atoms with Gasteiger partial charge < -0.3 is 9.52 Å². The molecule has 100 valence electrons. The number of hydrogen-bond donors (Lipinski definition) is 1. The Labute approximate surface area is 122 Å². The van der Waals surface area contributed by atoms with Crippen LogP contribution in [0.25, 0.3) is 11.5 Å². The lowest BCUT2D eigenvalue weighted by Gasteiger charge is -2.00. The molecule has 8 heteroatoms. The van der Waals surface area contributed by atoms with Crippen molar-refractivity contribution in [1.29, 1.82) is 0 Å². The number of carboxylic acid groups (broad SMARTS) is 1. The molecule has 1 atom stereocenters. The highest BCUT2D eigenvalue weighted by Crippen LogP contribution is 2.31. The van der Waals surface area contributed by atoms with Crippen LogP contribution in [0, 0.1) is 0 Å². The topological polar surface area (TPSA) is 76.2 Å². The minimum Gasteiger partial charge on any atom is -0.480 e. The maximum atomic E-state index is 10.7. The molecule has 0 unspecified atom stereocenters. The van der Waals surface area contributed by atoms with Gasteiger partial charge in [-0.2, -0.15) is 0 Å². The summed E-state index contributed by atoms with van der Waals surface area (Å²) in [4.78, 5) is 10.7. The lowest BCUT2D eigenvalue weighted by atomic mass is 10.2. The summed E-state index contributed by atoms with van der Waals surface area (Å²) in [6.07, 6.45) is 0. The van der Waals surface area contributed by atoms with Crippen molar-refractivity contribution in [2.24, 2.45) is 0 Å². The summed E-state index contributed by atoms with van der Waals surface area (Å²) in [6, 6.07) is 4.88. The lowest BCUT2D eigenvalue weighted by molar-refractivity contribution is -0.136. The number of halogens is 2. The van der Waals surface area contributed by atoms with Crippen molar-refractivity contribution in [2.75, 3.05) is 0 Å². The van der Waals surface area contributed by atoms with E-state index in [0.29, 0.717) is 15.6 Å². The molecule has 0 amide bonds. The van der Waals surface area contributed by atoms with E-state index in [1.807, 2.05) is 0 Å². The summed E-state index contributed by atoms with van der Waals surface area (Å²) in [7, 11) is 0. The van der Waals surface area contributed by atoms with Crippen LogP contribution in [0.2, 0.25) is 10.0 Å². The minimum absolute atomic E-state index is 0.177. The van der Waals surface area contributed by atoms with Crippen LogP contribution in [0.3, 0.4) is 0 Å². The number of thioether (sulfide) groups is 1. The number of aliphatic carboxylic acids is 1. The standard InChI is InChI=1S/C11H8Cl2N2O3S/c1-5(10(16)17)19-11-15-14-9(18-11)7-3-2-6(12)4-8(7)13/h2-5H,1H3,(H,16,17)/t5-/m1/s1. The van der Waals surface area contributed by atoms with Crippen molar-refractivity contribution in [3.63, 3.8) is 0 Å². The summed E-state index contributed by atoms with van der Waals surface area (Å²) in [5, 5.41) is 16.8. The van der Waals surface area contributed by atoms with E-state index in [4.69, 9.17) is 32.7 Å². The SMILES string of the molecule is C[C@@H](Sc1nnc(-c2ccc(Cl)cc2Cl)o1)C(=O)O. The molecule has 0 bridgehead atoms. The summed E-state index contributed by atoms with van der Waals surface area (Å²) >= 11 is 12.8. The largest absolute Gasteiger partial charge is 0.480 e. The van der Waals surface area contributed by atoms with Gasteiger partial charge in [-0.05, 0) is 25.1 Å². The normalized spacial score (nSPS) is 12.4. The van der Waals surface area contributed by atoms with Crippen LogP contribution in [0.1, 0.15) is 6.92 Å². The van der Waals surface area contributed by atoms with Crippen molar-refractivity contribution in [3.05, 3.63) is 28.2 Å². The van der Waals surface area contributed by atoms with Crippen LogP contribution in [-0.2, 0) is 4.79 Å². The van der Waals surface area contributed by atoms with Crippen LogP contribution < -0.4 is 0 Å². The van der Waals surface area contributed by atoms with Gasteiger partial charge in [0.25, 0.3) is 5.22 Å². The third-order valence-electron chi connectivity index (χ3n) is 2.19. The zero-order chi connectivity index (χ0) is 14.0. The van der Waals surface area contributed by atoms with Gasteiger partial charge in [-0.25, -0.2) is 0 Å². The fraction of sp³-hybridized carbons (Fsp3) is 0.182. The molecular weight excluding hydrogens is 311 g/mol. The smallest absolute Gasteiger partial charge is 0.316 e. The van der Waals surface area contributed by atoms with Crippen molar-refractivity contribution in [3.8, 4) is 11.5 Å². The quantitative estimate of drug-likeness (QED) is 0.868. The fourth-order valence-corrected chi connectivity index (χ4v) is 2.34. The number of rotatable bonds is 4. The van der Waals surface area contributed by atoms with Crippen LogP contribution in [-0.4, -0.2) is 26.5 Å². The predicted molar refractivity (Wildman–Crippen MR) is 72.7 cm³/mol. The Morgan fingerprint density at radius 2 is 2.16 bits per heavy atom. The first-order valence-corrected chi connectivity index (χ1v) is 6.79. The van der Waals surface area contributed by atoms with Gasteiger partial charge in [0.05, 0.1) is 10.6 Å². The first-order valence-electron chi connectivity index (χ1n) is 5.16. The molecule has 1 aromatic heterocycles. The Morgan fingerprint density at radius 3 is 2.79 bits per heavy atom. The maximum absolute atomic E-state index is 10.7. The zero-order valence-corrected chi connectivity index (χ0v) is 12.0. The van der Waals surface area contributed by atoms with E-state index in [1.165, 1.54) is 6.92 Å². The van der Waals surface area contributed by atoms with Crippen LogP contribution in [0.4, 0.5) is 0 Å². The Kier molecular flexibility index (Phi) is 4.34. The molecule has 0 aliphatic heterocycles. The van der Waals surface area contributed by atoms with Crippen LogP contribution in [0.5, 0.6) is 0 Å². The average Bonchev–Trinajstić information content (AvgIpc) is 2.77. The van der Waals surface area contributed by atoms with Gasteiger partial charge in [0.2, 0.25) is 5.89 Å². The predicted octanol–water partition coefficient (Wildman–Crippen LogP) is 3.61. The summed E-state index contributed by atoms with van der Waals surface area (Å²) in [5.41, 5.74) is 0.549. The number of hydrogen-bond acceptors (Lipinski definition) is 5. The fourth-order valence-electron chi connectivity index (χ4n) is 1.23. The molecule has 19 heavy (non-hydrogen) atoms. The van der Waals surface area contributed by atoms with Gasteiger partial charge in [0.15, 0.2) is 0 Å². The second-order valence-electron chi connectivity index (χ2n) is 3.60. The lowest BCUT2D eigenvalue weighted by Crippen LogP contribution is -2.10. The number of benzene rings is 1. The van der Waals surface area contributed by atoms with E-state index in [0.717, 1.165) is 11.8 Å². The van der Waals surface area contributed by atoms with Crippen molar-refractivity contribution in [2.45, 2.75) is 17.4 Å². The molecule has 2 aromatic rings. The van der Waals surface area contributed by atoms with Crippen molar-refractivity contribution >= 4 is 40.9 Å². The second kappa shape index (κ2) is 5.81. The highest BCUT2D eigenvalue weighted by Gasteiger charge is 2.18. The van der Waals surface area contributed by atoms with Crippen LogP contribution >= 0.6 is 35.0 Å². The van der Waals surface area contributed by atoms with Gasteiger partial charge in [-0.15, -0.1) is 10.2 Å². The molecule has 0 spiro atoms. The number of carbonyl (C=O) groups is 1. The first kappa shape index (κ1) is 14.2. The second-order valence-corrected chi connectivity index (χ2v) is 5.73.